The molecular weight excluding hydrogens is 466 g/mol. The third kappa shape index (κ3) is 12.6. The minimum atomic E-state index is 0.143. The van der Waals surface area contributed by atoms with Gasteiger partial charge in [0.1, 0.15) is 0 Å². The maximum Gasteiger partial charge on any atom is 0.317 e. The smallest absolute Gasteiger partial charge is 0.317 e. The number of guanidine groups is 1. The zero-order valence-electron chi connectivity index (χ0n) is 22.7. The van der Waals surface area contributed by atoms with Crippen molar-refractivity contribution in [3.05, 3.63) is 24.5 Å². The molecule has 0 spiro atoms. The molecule has 9 heteroatoms. The lowest BCUT2D eigenvalue weighted by Gasteiger charge is -2.30. The topological polar surface area (TPSA) is 108 Å². The molecule has 1 aromatic heterocycles. The molecule has 2 aliphatic rings. The first kappa shape index (κ1) is 29.2. The highest BCUT2D eigenvalue weighted by Gasteiger charge is 2.20. The molecule has 1 saturated carbocycles. The maximum atomic E-state index is 13.1. The van der Waals surface area contributed by atoms with Gasteiger partial charge in [-0.1, -0.05) is 44.9 Å². The first-order valence-electron chi connectivity index (χ1n) is 14.5. The number of unbranched alkanes of at least 4 members (excludes halogenated alkanes) is 5. The van der Waals surface area contributed by atoms with Crippen LogP contribution in [-0.4, -0.2) is 85.3 Å². The van der Waals surface area contributed by atoms with Crippen LogP contribution < -0.4 is 16.4 Å². The number of urea groups is 1. The molecule has 2 heterocycles. The summed E-state index contributed by atoms with van der Waals surface area (Å²) >= 11 is 0. The van der Waals surface area contributed by atoms with Crippen molar-refractivity contribution in [2.24, 2.45) is 10.7 Å². The molecule has 1 aliphatic carbocycles. The second kappa shape index (κ2) is 18.0. The van der Waals surface area contributed by atoms with E-state index in [4.69, 9.17) is 10.5 Å². The Kier molecular flexibility index (Phi) is 14.2. The third-order valence-corrected chi connectivity index (χ3v) is 7.30. The van der Waals surface area contributed by atoms with Gasteiger partial charge in [-0.3, -0.25) is 14.9 Å². The van der Waals surface area contributed by atoms with E-state index in [9.17, 15) is 4.79 Å². The van der Waals surface area contributed by atoms with Crippen molar-refractivity contribution >= 4 is 17.7 Å². The minimum Gasteiger partial charge on any atom is -0.379 e. The summed E-state index contributed by atoms with van der Waals surface area (Å²) in [5, 5.41) is 6.41. The Morgan fingerprint density at radius 2 is 1.68 bits per heavy atom. The van der Waals surface area contributed by atoms with Gasteiger partial charge in [0.2, 0.25) is 0 Å². The molecular formula is C28H49N7O2. The zero-order valence-corrected chi connectivity index (χ0v) is 22.7. The largest absolute Gasteiger partial charge is 0.379 e. The van der Waals surface area contributed by atoms with Gasteiger partial charge in [-0.05, 0) is 44.2 Å². The van der Waals surface area contributed by atoms with E-state index in [0.29, 0.717) is 12.0 Å². The second-order valence-corrected chi connectivity index (χ2v) is 10.3. The minimum absolute atomic E-state index is 0.143. The summed E-state index contributed by atoms with van der Waals surface area (Å²) < 4.78 is 5.46. The number of carbonyl (C=O) groups excluding carboxylic acids is 1. The van der Waals surface area contributed by atoms with Crippen molar-refractivity contribution in [3.8, 4) is 0 Å². The Bertz CT molecular complexity index is 765. The number of ether oxygens (including phenoxy) is 1. The quantitative estimate of drug-likeness (QED) is 0.183. The van der Waals surface area contributed by atoms with Gasteiger partial charge in [0, 0.05) is 63.4 Å². The van der Waals surface area contributed by atoms with Crippen molar-refractivity contribution in [1.82, 2.24) is 20.1 Å². The molecule has 0 radical (unpaired) electrons. The molecule has 3 rings (SSSR count). The number of carbonyl (C=O) groups is 1. The molecule has 1 saturated heterocycles. The van der Waals surface area contributed by atoms with Crippen LogP contribution in [0.15, 0.2) is 29.5 Å². The molecule has 37 heavy (non-hydrogen) atoms. The van der Waals surface area contributed by atoms with E-state index < -0.39 is 0 Å². The summed E-state index contributed by atoms with van der Waals surface area (Å²) in [5.74, 6) is 0.450. The molecule has 4 N–H and O–H groups in total. The molecule has 9 nitrogen and oxygen atoms in total. The van der Waals surface area contributed by atoms with Crippen molar-refractivity contribution in [3.63, 3.8) is 0 Å². The summed E-state index contributed by atoms with van der Waals surface area (Å²) in [6.45, 7) is 7.14. The Morgan fingerprint density at radius 1 is 1.00 bits per heavy atom. The maximum absolute atomic E-state index is 13.1. The van der Waals surface area contributed by atoms with Gasteiger partial charge in [0.15, 0.2) is 5.96 Å². The highest BCUT2D eigenvalue weighted by atomic mass is 16.5. The third-order valence-electron chi connectivity index (χ3n) is 7.30. The average molecular weight is 516 g/mol. The standard InChI is InChI=1S/C28H49N7O2/c29-27(32-26-13-16-30-17-14-26)31-15-8-3-1-2-4-9-19-35(20-10-18-34-21-23-37-24-22-34)28(36)33-25-11-6-5-7-12-25/h13-14,16-17,25H,1-12,15,18-24H2,(H,33,36)(H3,29,30,31,32). The Labute approximate surface area is 223 Å². The molecule has 2 fully saturated rings. The number of aromatic nitrogens is 1. The molecule has 1 aliphatic heterocycles. The van der Waals surface area contributed by atoms with Crippen molar-refractivity contribution in [2.45, 2.75) is 83.1 Å². The first-order valence-corrected chi connectivity index (χ1v) is 14.5. The van der Waals surface area contributed by atoms with Gasteiger partial charge < -0.3 is 26.0 Å². The van der Waals surface area contributed by atoms with Crippen LogP contribution >= 0.6 is 0 Å². The van der Waals surface area contributed by atoms with E-state index in [2.05, 4.69) is 30.4 Å². The van der Waals surface area contributed by atoms with E-state index in [0.717, 1.165) is 103 Å². The van der Waals surface area contributed by atoms with Crippen LogP contribution in [0.25, 0.3) is 0 Å². The Morgan fingerprint density at radius 3 is 2.43 bits per heavy atom. The van der Waals surface area contributed by atoms with Gasteiger partial charge >= 0.3 is 6.03 Å². The van der Waals surface area contributed by atoms with Gasteiger partial charge in [0.25, 0.3) is 0 Å². The number of nitrogens with one attached hydrogen (secondary N) is 2. The SMILES string of the molecule is NC(=NCCCCCCCCN(CCCN1CCOCC1)C(=O)NC1CCCCC1)Nc1ccncc1. The first-order chi connectivity index (χ1) is 18.2. The summed E-state index contributed by atoms with van der Waals surface area (Å²) in [6.07, 6.45) is 17.3. The second-order valence-electron chi connectivity index (χ2n) is 10.3. The molecule has 0 aromatic carbocycles. The van der Waals surface area contributed by atoms with Crippen LogP contribution in [0.4, 0.5) is 10.5 Å². The average Bonchev–Trinajstić information content (AvgIpc) is 2.92. The predicted octanol–water partition coefficient (Wildman–Crippen LogP) is 4.22. The molecule has 0 unspecified atom stereocenters. The number of hydrogen-bond acceptors (Lipinski definition) is 5. The number of hydrogen-bond donors (Lipinski definition) is 3. The fourth-order valence-corrected chi connectivity index (χ4v) is 5.08. The lowest BCUT2D eigenvalue weighted by Crippen LogP contribution is -2.47. The fourth-order valence-electron chi connectivity index (χ4n) is 5.08. The van der Waals surface area contributed by atoms with Crippen molar-refractivity contribution < 1.29 is 9.53 Å². The Balaban J connectivity index is 1.27. The number of rotatable bonds is 15. The molecule has 208 valence electrons. The van der Waals surface area contributed by atoms with E-state index in [1.165, 1.54) is 32.1 Å². The molecule has 2 amide bonds. The van der Waals surface area contributed by atoms with Crippen molar-refractivity contribution in [2.75, 3.05) is 57.8 Å². The predicted molar refractivity (Wildman–Crippen MR) is 151 cm³/mol. The Hall–Kier alpha value is -2.39. The molecule has 1 aromatic rings. The fraction of sp³-hybridized carbons (Fsp3) is 0.750. The summed E-state index contributed by atoms with van der Waals surface area (Å²) in [4.78, 5) is 26.0. The van der Waals surface area contributed by atoms with E-state index in [-0.39, 0.29) is 6.03 Å². The normalized spacial score (nSPS) is 17.5. The highest BCUT2D eigenvalue weighted by molar-refractivity contribution is 5.92. The number of aliphatic imine (C=N–C) groups is 1. The van der Waals surface area contributed by atoms with Crippen LogP contribution in [0.3, 0.4) is 0 Å². The molecule has 0 bridgehead atoms. The van der Waals surface area contributed by atoms with Crippen LogP contribution in [0.5, 0.6) is 0 Å². The number of nitrogens with zero attached hydrogens (tertiary/aromatic N) is 4. The monoisotopic (exact) mass is 515 g/mol. The summed E-state index contributed by atoms with van der Waals surface area (Å²) in [5.41, 5.74) is 6.85. The highest BCUT2D eigenvalue weighted by Crippen LogP contribution is 2.18. The number of amides is 2. The summed E-state index contributed by atoms with van der Waals surface area (Å²) in [6, 6.07) is 4.24. The number of morpholine rings is 1. The van der Waals surface area contributed by atoms with Crippen molar-refractivity contribution in [1.29, 1.82) is 0 Å². The van der Waals surface area contributed by atoms with Gasteiger partial charge in [0.05, 0.1) is 13.2 Å². The van der Waals surface area contributed by atoms with E-state index >= 15 is 0 Å². The van der Waals surface area contributed by atoms with Crippen LogP contribution in [0, 0.1) is 0 Å². The number of pyridine rings is 1. The van der Waals surface area contributed by atoms with Gasteiger partial charge in [-0.2, -0.15) is 0 Å². The molecule has 0 atom stereocenters. The van der Waals surface area contributed by atoms with Gasteiger partial charge in [-0.15, -0.1) is 0 Å². The lowest BCUT2D eigenvalue weighted by atomic mass is 9.96. The van der Waals surface area contributed by atoms with Crippen LogP contribution in [0.2, 0.25) is 0 Å². The van der Waals surface area contributed by atoms with Crippen LogP contribution in [-0.2, 0) is 4.74 Å². The number of anilines is 1. The lowest BCUT2D eigenvalue weighted by molar-refractivity contribution is 0.0364. The summed E-state index contributed by atoms with van der Waals surface area (Å²) in [7, 11) is 0. The zero-order chi connectivity index (χ0) is 26.0. The van der Waals surface area contributed by atoms with Crippen LogP contribution in [0.1, 0.15) is 77.0 Å². The van der Waals surface area contributed by atoms with E-state index in [1.807, 2.05) is 12.1 Å². The van der Waals surface area contributed by atoms with E-state index in [1.54, 1.807) is 12.4 Å². The van der Waals surface area contributed by atoms with Gasteiger partial charge in [-0.25, -0.2) is 4.79 Å². The number of nitrogens with two attached hydrogens (primary N) is 1.